The standard InChI is InChI=1S/C15H21NO3/c1-5-11-8-6-7-9-12(11)16-14(17)13(10(2)3)15(18)19-4/h6-10,13H,5H2,1-4H3,(H,16,17). The van der Waals surface area contributed by atoms with E-state index in [9.17, 15) is 9.59 Å². The number of carbonyl (C=O) groups is 2. The first-order chi connectivity index (χ1) is 9.01. The number of benzene rings is 1. The minimum atomic E-state index is -0.782. The maximum Gasteiger partial charge on any atom is 0.318 e. The van der Waals surface area contributed by atoms with E-state index in [0.717, 1.165) is 17.7 Å². The summed E-state index contributed by atoms with van der Waals surface area (Å²) in [7, 11) is 1.30. The summed E-state index contributed by atoms with van der Waals surface area (Å²) in [5, 5.41) is 2.82. The van der Waals surface area contributed by atoms with Gasteiger partial charge in [-0.25, -0.2) is 0 Å². The van der Waals surface area contributed by atoms with Crippen LogP contribution >= 0.6 is 0 Å². The third-order valence-electron chi connectivity index (χ3n) is 3.06. The Hall–Kier alpha value is -1.84. The summed E-state index contributed by atoms with van der Waals surface area (Å²) in [6, 6.07) is 7.58. The van der Waals surface area contributed by atoms with E-state index in [1.54, 1.807) is 0 Å². The highest BCUT2D eigenvalue weighted by Crippen LogP contribution is 2.19. The summed E-state index contributed by atoms with van der Waals surface area (Å²) >= 11 is 0. The van der Waals surface area contributed by atoms with E-state index in [2.05, 4.69) is 10.1 Å². The summed E-state index contributed by atoms with van der Waals surface area (Å²) in [5.41, 5.74) is 1.80. The molecule has 1 atom stereocenters. The highest BCUT2D eigenvalue weighted by molar-refractivity contribution is 6.05. The van der Waals surface area contributed by atoms with Gasteiger partial charge in [0.15, 0.2) is 0 Å². The first kappa shape index (κ1) is 15.2. The van der Waals surface area contributed by atoms with Crippen LogP contribution in [-0.2, 0) is 20.7 Å². The number of aryl methyl sites for hydroxylation is 1. The Kier molecular flexibility index (Phi) is 5.55. The van der Waals surface area contributed by atoms with Crippen molar-refractivity contribution < 1.29 is 14.3 Å². The maximum absolute atomic E-state index is 12.2. The number of nitrogens with one attached hydrogen (secondary N) is 1. The molecule has 0 saturated heterocycles. The quantitative estimate of drug-likeness (QED) is 0.656. The van der Waals surface area contributed by atoms with Crippen molar-refractivity contribution >= 4 is 17.6 Å². The van der Waals surface area contributed by atoms with Gasteiger partial charge in [0.1, 0.15) is 5.92 Å². The average Bonchev–Trinajstić information content (AvgIpc) is 2.38. The van der Waals surface area contributed by atoms with Gasteiger partial charge in [0.25, 0.3) is 0 Å². The van der Waals surface area contributed by atoms with Crippen molar-refractivity contribution in [1.82, 2.24) is 0 Å². The minimum absolute atomic E-state index is 0.110. The number of anilines is 1. The zero-order valence-corrected chi connectivity index (χ0v) is 11.9. The number of rotatable bonds is 5. The largest absolute Gasteiger partial charge is 0.468 e. The predicted octanol–water partition coefficient (Wildman–Crippen LogP) is 2.63. The molecular formula is C15H21NO3. The van der Waals surface area contributed by atoms with Crippen molar-refractivity contribution in [3.05, 3.63) is 29.8 Å². The van der Waals surface area contributed by atoms with Gasteiger partial charge in [0.2, 0.25) is 5.91 Å². The number of esters is 1. The summed E-state index contributed by atoms with van der Waals surface area (Å²) in [6.45, 7) is 5.67. The average molecular weight is 263 g/mol. The lowest BCUT2D eigenvalue weighted by atomic mass is 9.94. The Morgan fingerprint density at radius 3 is 2.42 bits per heavy atom. The lowest BCUT2D eigenvalue weighted by Crippen LogP contribution is -2.34. The molecule has 1 aromatic carbocycles. The fraction of sp³-hybridized carbons (Fsp3) is 0.467. The second kappa shape index (κ2) is 6.92. The van der Waals surface area contributed by atoms with Crippen molar-refractivity contribution in [2.75, 3.05) is 12.4 Å². The zero-order valence-electron chi connectivity index (χ0n) is 11.9. The second-order valence-electron chi connectivity index (χ2n) is 4.74. The van der Waals surface area contributed by atoms with Gasteiger partial charge in [-0.05, 0) is 24.0 Å². The maximum atomic E-state index is 12.2. The van der Waals surface area contributed by atoms with Gasteiger partial charge in [-0.3, -0.25) is 9.59 Å². The molecule has 0 aliphatic heterocycles. The van der Waals surface area contributed by atoms with E-state index < -0.39 is 11.9 Å². The van der Waals surface area contributed by atoms with Crippen molar-refractivity contribution in [2.24, 2.45) is 11.8 Å². The Balaban J connectivity index is 2.90. The van der Waals surface area contributed by atoms with E-state index in [1.165, 1.54) is 7.11 Å². The zero-order chi connectivity index (χ0) is 14.4. The van der Waals surface area contributed by atoms with Crippen molar-refractivity contribution in [3.63, 3.8) is 0 Å². The smallest absolute Gasteiger partial charge is 0.318 e. The Morgan fingerprint density at radius 2 is 1.89 bits per heavy atom. The van der Waals surface area contributed by atoms with Crippen LogP contribution in [0.3, 0.4) is 0 Å². The number of carbonyl (C=O) groups excluding carboxylic acids is 2. The summed E-state index contributed by atoms with van der Waals surface area (Å²) < 4.78 is 4.69. The molecule has 1 unspecified atom stereocenters. The van der Waals surface area contributed by atoms with Crippen LogP contribution in [0.4, 0.5) is 5.69 Å². The van der Waals surface area contributed by atoms with Crippen LogP contribution in [0.15, 0.2) is 24.3 Å². The third-order valence-corrected chi connectivity index (χ3v) is 3.06. The third kappa shape index (κ3) is 3.81. The molecule has 4 heteroatoms. The van der Waals surface area contributed by atoms with E-state index >= 15 is 0 Å². The molecule has 19 heavy (non-hydrogen) atoms. The Labute approximate surface area is 114 Å². The van der Waals surface area contributed by atoms with Crippen molar-refractivity contribution in [1.29, 1.82) is 0 Å². The number of ether oxygens (including phenoxy) is 1. The van der Waals surface area contributed by atoms with E-state index in [-0.39, 0.29) is 11.8 Å². The van der Waals surface area contributed by atoms with Gasteiger partial charge in [-0.2, -0.15) is 0 Å². The topological polar surface area (TPSA) is 55.4 Å². The molecule has 0 aliphatic carbocycles. The molecule has 1 amide bonds. The highest BCUT2D eigenvalue weighted by atomic mass is 16.5. The summed E-state index contributed by atoms with van der Waals surface area (Å²) in [5.74, 6) is -1.71. The molecule has 0 fully saturated rings. The van der Waals surface area contributed by atoms with Crippen LogP contribution in [0.25, 0.3) is 0 Å². The first-order valence-electron chi connectivity index (χ1n) is 6.47. The van der Waals surface area contributed by atoms with Crippen LogP contribution < -0.4 is 5.32 Å². The Morgan fingerprint density at radius 1 is 1.26 bits per heavy atom. The summed E-state index contributed by atoms with van der Waals surface area (Å²) in [4.78, 5) is 23.9. The molecule has 0 bridgehead atoms. The van der Waals surface area contributed by atoms with E-state index in [0.29, 0.717) is 0 Å². The molecule has 4 nitrogen and oxygen atoms in total. The molecule has 0 saturated carbocycles. The number of hydrogen-bond acceptors (Lipinski definition) is 3. The molecule has 0 radical (unpaired) electrons. The van der Waals surface area contributed by atoms with Crippen LogP contribution in [-0.4, -0.2) is 19.0 Å². The number of amides is 1. The Bertz CT molecular complexity index is 454. The molecule has 0 heterocycles. The molecule has 0 aromatic heterocycles. The molecule has 0 spiro atoms. The summed E-state index contributed by atoms with van der Waals surface area (Å²) in [6.07, 6.45) is 0.820. The van der Waals surface area contributed by atoms with Crippen LogP contribution in [0.1, 0.15) is 26.3 Å². The van der Waals surface area contributed by atoms with Gasteiger partial charge < -0.3 is 10.1 Å². The van der Waals surface area contributed by atoms with Gasteiger partial charge >= 0.3 is 5.97 Å². The number of para-hydroxylation sites is 1. The monoisotopic (exact) mass is 263 g/mol. The van der Waals surface area contributed by atoms with Crippen molar-refractivity contribution in [3.8, 4) is 0 Å². The van der Waals surface area contributed by atoms with Crippen molar-refractivity contribution in [2.45, 2.75) is 27.2 Å². The predicted molar refractivity (Wildman–Crippen MR) is 74.8 cm³/mol. The molecular weight excluding hydrogens is 242 g/mol. The lowest BCUT2D eigenvalue weighted by Gasteiger charge is -2.18. The number of hydrogen-bond donors (Lipinski definition) is 1. The van der Waals surface area contributed by atoms with Crippen LogP contribution in [0, 0.1) is 11.8 Å². The van der Waals surface area contributed by atoms with E-state index in [4.69, 9.17) is 0 Å². The highest BCUT2D eigenvalue weighted by Gasteiger charge is 2.31. The normalized spacial score (nSPS) is 12.1. The molecule has 1 aromatic rings. The first-order valence-corrected chi connectivity index (χ1v) is 6.47. The number of methoxy groups -OCH3 is 1. The van der Waals surface area contributed by atoms with Gasteiger partial charge in [0.05, 0.1) is 7.11 Å². The van der Waals surface area contributed by atoms with Gasteiger partial charge in [0, 0.05) is 5.69 Å². The molecule has 1 N–H and O–H groups in total. The molecule has 104 valence electrons. The van der Waals surface area contributed by atoms with Gasteiger partial charge in [-0.1, -0.05) is 39.0 Å². The second-order valence-corrected chi connectivity index (χ2v) is 4.74. The minimum Gasteiger partial charge on any atom is -0.468 e. The lowest BCUT2D eigenvalue weighted by molar-refractivity contribution is -0.150. The molecule has 1 rings (SSSR count). The fourth-order valence-electron chi connectivity index (χ4n) is 1.97. The SMILES string of the molecule is CCc1ccccc1NC(=O)C(C(=O)OC)C(C)C. The van der Waals surface area contributed by atoms with Gasteiger partial charge in [-0.15, -0.1) is 0 Å². The van der Waals surface area contributed by atoms with E-state index in [1.807, 2.05) is 45.0 Å². The van der Waals surface area contributed by atoms with Crippen LogP contribution in [0.5, 0.6) is 0 Å². The molecule has 0 aliphatic rings. The fourth-order valence-corrected chi connectivity index (χ4v) is 1.97. The van der Waals surface area contributed by atoms with Crippen LogP contribution in [0.2, 0.25) is 0 Å².